The van der Waals surface area contributed by atoms with Crippen LogP contribution in [-0.2, 0) is 17.7 Å². The molecule has 0 aromatic heterocycles. The van der Waals surface area contributed by atoms with Gasteiger partial charge in [-0.2, -0.15) is 0 Å². The van der Waals surface area contributed by atoms with Gasteiger partial charge >= 0.3 is 8.56 Å². The van der Waals surface area contributed by atoms with Crippen LogP contribution in [0, 0.1) is 0 Å². The summed E-state index contributed by atoms with van der Waals surface area (Å²) in [4.78, 5) is 0. The molecule has 1 heterocycles. The second-order valence-electron chi connectivity index (χ2n) is 7.51. The van der Waals surface area contributed by atoms with E-state index < -0.39 is 25.2 Å². The molecule has 0 aliphatic carbocycles. The first-order chi connectivity index (χ1) is 8.95. The molecule has 2 unspecified atom stereocenters. The Morgan fingerprint density at radius 1 is 1.05 bits per heavy atom. The summed E-state index contributed by atoms with van der Waals surface area (Å²) in [5.41, 5.74) is 0.212. The first kappa shape index (κ1) is 18.5. The molecule has 0 saturated carbocycles. The monoisotopic (exact) mass is 336 g/mol. The molecule has 0 radical (unpaired) electrons. The summed E-state index contributed by atoms with van der Waals surface area (Å²) in [6.07, 6.45) is 1.31. The van der Waals surface area contributed by atoms with Gasteiger partial charge in [-0.15, -0.1) is 0 Å². The fourth-order valence-electron chi connectivity index (χ4n) is 2.66. The third-order valence-electron chi connectivity index (χ3n) is 3.09. The zero-order chi connectivity index (χ0) is 15.6. The smallest absolute Gasteiger partial charge is 0.311 e. The molecule has 7 heteroatoms. The predicted octanol–water partition coefficient (Wildman–Crippen LogP) is 3.49. The zero-order valence-corrected chi connectivity index (χ0v) is 17.4. The Hall–Kier alpha value is 0.491. The molecule has 1 aliphatic heterocycles. The molecule has 1 aliphatic rings. The van der Waals surface area contributed by atoms with E-state index >= 15 is 0 Å². The highest BCUT2D eigenvalue weighted by Crippen LogP contribution is 2.25. The molecule has 20 heavy (non-hydrogen) atoms. The van der Waals surface area contributed by atoms with E-state index in [-0.39, 0.29) is 5.73 Å². The number of rotatable bonds is 9. The Morgan fingerprint density at radius 2 is 1.60 bits per heavy atom. The van der Waals surface area contributed by atoms with Gasteiger partial charge in [-0.05, 0) is 52.2 Å². The Labute approximate surface area is 127 Å². The third kappa shape index (κ3) is 6.97. The highest BCUT2D eigenvalue weighted by atomic mass is 28.5. The van der Waals surface area contributed by atoms with Gasteiger partial charge in [0.2, 0.25) is 8.32 Å². The minimum Gasteiger partial charge on any atom is -0.437 e. The highest BCUT2D eigenvalue weighted by molar-refractivity contribution is 6.87. The van der Waals surface area contributed by atoms with Crippen LogP contribution in [0.4, 0.5) is 0 Å². The number of epoxide rings is 1. The van der Waals surface area contributed by atoms with Gasteiger partial charge in [0.15, 0.2) is 8.32 Å². The average Bonchev–Trinajstić information content (AvgIpc) is 2.95. The maximum Gasteiger partial charge on any atom is 0.311 e. The number of hydrogen-bond donors (Lipinski definition) is 0. The van der Waals surface area contributed by atoms with Crippen LogP contribution in [-0.4, -0.2) is 50.2 Å². The molecule has 0 amide bonds. The summed E-state index contributed by atoms with van der Waals surface area (Å²) in [7, 11) is -5.57. The van der Waals surface area contributed by atoms with Crippen molar-refractivity contribution in [1.82, 2.24) is 0 Å². The van der Waals surface area contributed by atoms with Crippen LogP contribution in [0.3, 0.4) is 0 Å². The molecule has 0 aromatic rings. The minimum absolute atomic E-state index is 0.212. The van der Waals surface area contributed by atoms with Crippen LogP contribution in [0.25, 0.3) is 0 Å². The van der Waals surface area contributed by atoms with E-state index in [1.165, 1.54) is 0 Å². The van der Waals surface area contributed by atoms with Crippen molar-refractivity contribution in [3.63, 3.8) is 0 Å². The molecule has 120 valence electrons. The predicted molar refractivity (Wildman–Crippen MR) is 90.3 cm³/mol. The zero-order valence-electron chi connectivity index (χ0n) is 14.4. The van der Waals surface area contributed by atoms with E-state index in [0.29, 0.717) is 12.7 Å². The van der Waals surface area contributed by atoms with E-state index in [4.69, 9.17) is 17.7 Å². The van der Waals surface area contributed by atoms with Crippen molar-refractivity contribution in [2.24, 2.45) is 0 Å². The Kier molecular flexibility index (Phi) is 6.23. The van der Waals surface area contributed by atoms with Crippen LogP contribution < -0.4 is 0 Å². The maximum atomic E-state index is 6.53. The van der Waals surface area contributed by atoms with Gasteiger partial charge in [0.1, 0.15) is 6.10 Å². The molecule has 2 atom stereocenters. The third-order valence-corrected chi connectivity index (χ3v) is 13.7. The molecule has 1 rings (SSSR count). The van der Waals surface area contributed by atoms with Gasteiger partial charge in [0.25, 0.3) is 0 Å². The van der Waals surface area contributed by atoms with Crippen LogP contribution in [0.5, 0.6) is 0 Å². The van der Waals surface area contributed by atoms with Crippen molar-refractivity contribution in [1.29, 1.82) is 0 Å². The largest absolute Gasteiger partial charge is 0.437 e. The molecule has 1 fully saturated rings. The lowest BCUT2D eigenvalue weighted by Crippen LogP contribution is -2.57. The molecule has 0 aromatic carbocycles. The summed E-state index contributed by atoms with van der Waals surface area (Å²) in [5, 5.41) is 0. The Morgan fingerprint density at radius 3 is 2.00 bits per heavy atom. The molecular formula is C13H32O4Si3. The van der Waals surface area contributed by atoms with Crippen molar-refractivity contribution in [2.75, 3.05) is 13.2 Å². The van der Waals surface area contributed by atoms with Gasteiger partial charge in [0, 0.05) is 0 Å². The van der Waals surface area contributed by atoms with E-state index in [0.717, 1.165) is 13.0 Å². The standard InChI is InChI=1S/C13H32O4Si3/c1-9-13(15-11-12-10-14-12)19(5,6)17-20(7,8)16-18(2,3)4/h12-13H,9-11H2,1-8H3. The second kappa shape index (κ2) is 6.72. The number of hydrogen-bond acceptors (Lipinski definition) is 4. The molecule has 0 N–H and O–H groups in total. The lowest BCUT2D eigenvalue weighted by Gasteiger charge is -2.40. The van der Waals surface area contributed by atoms with Crippen LogP contribution >= 0.6 is 0 Å². The highest BCUT2D eigenvalue weighted by Gasteiger charge is 2.43. The average molecular weight is 337 g/mol. The quantitative estimate of drug-likeness (QED) is 0.477. The van der Waals surface area contributed by atoms with Crippen molar-refractivity contribution in [3.05, 3.63) is 0 Å². The molecule has 1 saturated heterocycles. The van der Waals surface area contributed by atoms with Crippen molar-refractivity contribution in [3.8, 4) is 0 Å². The van der Waals surface area contributed by atoms with Crippen LogP contribution in [0.15, 0.2) is 0 Å². The summed E-state index contributed by atoms with van der Waals surface area (Å²) in [6.45, 7) is 19.2. The van der Waals surface area contributed by atoms with Gasteiger partial charge in [-0.25, -0.2) is 0 Å². The fourth-order valence-corrected chi connectivity index (χ4v) is 16.2. The Bertz CT molecular complexity index is 311. The van der Waals surface area contributed by atoms with Crippen LogP contribution in [0.2, 0.25) is 45.8 Å². The summed E-state index contributed by atoms with van der Waals surface area (Å²) in [6, 6.07) is 0. The lowest BCUT2D eigenvalue weighted by atomic mass is 10.5. The molecule has 0 bridgehead atoms. The maximum absolute atomic E-state index is 6.53. The molecule has 4 nitrogen and oxygen atoms in total. The van der Waals surface area contributed by atoms with Crippen molar-refractivity contribution < 1.29 is 17.7 Å². The van der Waals surface area contributed by atoms with E-state index in [1.807, 2.05) is 0 Å². The Balaban J connectivity index is 2.59. The van der Waals surface area contributed by atoms with Gasteiger partial charge in [-0.1, -0.05) is 6.92 Å². The fraction of sp³-hybridized carbons (Fsp3) is 1.00. The van der Waals surface area contributed by atoms with Gasteiger partial charge in [-0.3, -0.25) is 0 Å². The minimum atomic E-state index is -2.08. The first-order valence-electron chi connectivity index (χ1n) is 7.59. The van der Waals surface area contributed by atoms with E-state index in [9.17, 15) is 0 Å². The van der Waals surface area contributed by atoms with E-state index in [1.54, 1.807) is 0 Å². The summed E-state index contributed by atoms with van der Waals surface area (Å²) < 4.78 is 24.1. The van der Waals surface area contributed by atoms with Crippen molar-refractivity contribution in [2.45, 2.75) is 71.0 Å². The van der Waals surface area contributed by atoms with Gasteiger partial charge < -0.3 is 17.7 Å². The first-order valence-corrected chi connectivity index (χ1v) is 16.8. The van der Waals surface area contributed by atoms with Gasteiger partial charge in [0.05, 0.1) is 18.9 Å². The van der Waals surface area contributed by atoms with Crippen LogP contribution in [0.1, 0.15) is 13.3 Å². The topological polar surface area (TPSA) is 40.2 Å². The number of ether oxygens (including phenoxy) is 2. The van der Waals surface area contributed by atoms with E-state index in [2.05, 4.69) is 52.8 Å². The summed E-state index contributed by atoms with van der Waals surface area (Å²) >= 11 is 0. The van der Waals surface area contributed by atoms with Crippen molar-refractivity contribution >= 4 is 25.2 Å². The molecule has 0 spiro atoms. The summed E-state index contributed by atoms with van der Waals surface area (Å²) in [5.74, 6) is 0. The molecular weight excluding hydrogens is 304 g/mol. The normalized spacial score (nSPS) is 21.9. The SMILES string of the molecule is CCC(OCC1CO1)[Si](C)(C)O[Si](C)(C)O[Si](C)(C)C. The lowest BCUT2D eigenvalue weighted by molar-refractivity contribution is 0.0738. The second-order valence-corrected chi connectivity index (χ2v) is 20.0.